The summed E-state index contributed by atoms with van der Waals surface area (Å²) >= 11 is 0. The second-order valence-corrected chi connectivity index (χ2v) is 7.87. The largest absolute Gasteiger partial charge is 0.573 e. The lowest BCUT2D eigenvalue weighted by molar-refractivity contribution is -0.274. The summed E-state index contributed by atoms with van der Waals surface area (Å²) in [5.41, 5.74) is 0.975. The third kappa shape index (κ3) is 5.97. The maximum atomic E-state index is 12.7. The number of carbonyl (C=O) groups is 1. The molecule has 0 saturated carbocycles. The van der Waals surface area contributed by atoms with Crippen molar-refractivity contribution in [3.63, 3.8) is 0 Å². The number of nitrogens with zero attached hydrogens (tertiary/aromatic N) is 7. The highest BCUT2D eigenvalue weighted by Crippen LogP contribution is 2.28. The molecule has 0 spiro atoms. The second-order valence-electron chi connectivity index (χ2n) is 7.87. The number of likely N-dealkylation sites (tertiary alicyclic amines) is 1. The molecule has 0 bridgehead atoms. The van der Waals surface area contributed by atoms with Crippen LogP contribution in [-0.2, 0) is 11.3 Å². The van der Waals surface area contributed by atoms with Crippen LogP contribution in [0.2, 0.25) is 0 Å². The molecule has 4 rings (SSSR count). The average molecular weight is 477 g/mol. The summed E-state index contributed by atoms with van der Waals surface area (Å²) < 4.78 is 47.5. The predicted octanol–water partition coefficient (Wildman–Crippen LogP) is 3.04. The third-order valence-corrected chi connectivity index (χ3v) is 5.32. The quantitative estimate of drug-likeness (QED) is 0.498. The number of alkyl halides is 3. The van der Waals surface area contributed by atoms with Crippen molar-refractivity contribution in [2.45, 2.75) is 45.5 Å². The van der Waals surface area contributed by atoms with Crippen LogP contribution < -0.4 is 4.74 Å². The highest BCUT2D eigenvalue weighted by Gasteiger charge is 2.31. The first-order chi connectivity index (χ1) is 16.2. The molecule has 0 unspecified atom stereocenters. The van der Waals surface area contributed by atoms with Crippen molar-refractivity contribution < 1.29 is 27.1 Å². The molecule has 0 radical (unpaired) electrons. The Hall–Kier alpha value is -3.77. The van der Waals surface area contributed by atoms with Crippen molar-refractivity contribution in [2.24, 2.45) is 0 Å². The molecule has 3 heterocycles. The number of ether oxygens (including phenoxy) is 1. The van der Waals surface area contributed by atoms with Gasteiger partial charge in [-0.2, -0.15) is 4.80 Å². The van der Waals surface area contributed by atoms with E-state index in [9.17, 15) is 18.0 Å². The van der Waals surface area contributed by atoms with E-state index in [1.165, 1.54) is 29.1 Å². The molecular weight excluding hydrogens is 455 g/mol. The van der Waals surface area contributed by atoms with E-state index in [-0.39, 0.29) is 24.1 Å². The molecular formula is C21H22F3N7O3. The molecule has 10 nitrogen and oxygen atoms in total. The zero-order valence-corrected chi connectivity index (χ0v) is 18.5. The van der Waals surface area contributed by atoms with E-state index in [0.29, 0.717) is 54.7 Å². The number of benzene rings is 1. The number of piperidine rings is 1. The normalized spacial score (nSPS) is 15.3. The number of tetrazole rings is 1. The topological polar surface area (TPSA) is 112 Å². The Kier molecular flexibility index (Phi) is 6.61. The lowest BCUT2D eigenvalue weighted by atomic mass is 9.96. The van der Waals surface area contributed by atoms with Crippen LogP contribution in [0.4, 0.5) is 13.2 Å². The minimum absolute atomic E-state index is 0.0543. The van der Waals surface area contributed by atoms with Gasteiger partial charge in [-0.3, -0.25) is 4.79 Å². The summed E-state index contributed by atoms with van der Waals surface area (Å²) in [5, 5.41) is 19.6. The molecule has 0 N–H and O–H groups in total. The summed E-state index contributed by atoms with van der Waals surface area (Å²) in [4.78, 5) is 15.7. The maximum Gasteiger partial charge on any atom is 0.573 e. The molecule has 1 amide bonds. The fourth-order valence-electron chi connectivity index (χ4n) is 3.71. The number of aryl methyl sites for hydroxylation is 2. The molecule has 1 aliphatic rings. The minimum atomic E-state index is -4.82. The van der Waals surface area contributed by atoms with E-state index < -0.39 is 6.36 Å². The van der Waals surface area contributed by atoms with E-state index in [1.807, 2.05) is 0 Å². The van der Waals surface area contributed by atoms with Crippen LogP contribution in [-0.4, -0.2) is 60.7 Å². The van der Waals surface area contributed by atoms with Crippen molar-refractivity contribution >= 4 is 12.0 Å². The Balaban J connectivity index is 1.46. The number of carbonyl (C=O) groups excluding carboxylic acids is 1. The molecule has 1 saturated heterocycles. The number of aromatic nitrogens is 6. The molecule has 1 aliphatic heterocycles. The number of rotatable bonds is 6. The van der Waals surface area contributed by atoms with Gasteiger partial charge in [0.15, 0.2) is 5.82 Å². The molecule has 3 aromatic rings. The first-order valence-corrected chi connectivity index (χ1v) is 10.6. The molecule has 1 aromatic carbocycles. The van der Waals surface area contributed by atoms with E-state index >= 15 is 0 Å². The van der Waals surface area contributed by atoms with Gasteiger partial charge in [0.05, 0.1) is 6.54 Å². The van der Waals surface area contributed by atoms with Crippen LogP contribution in [0.5, 0.6) is 5.75 Å². The highest BCUT2D eigenvalue weighted by molar-refractivity contribution is 5.92. The van der Waals surface area contributed by atoms with Crippen molar-refractivity contribution in [1.82, 2.24) is 35.3 Å². The fourth-order valence-corrected chi connectivity index (χ4v) is 3.71. The lowest BCUT2D eigenvalue weighted by Crippen LogP contribution is -2.36. The molecule has 13 heteroatoms. The van der Waals surface area contributed by atoms with E-state index in [2.05, 4.69) is 30.3 Å². The van der Waals surface area contributed by atoms with Gasteiger partial charge < -0.3 is 14.1 Å². The van der Waals surface area contributed by atoms with Gasteiger partial charge in [-0.1, -0.05) is 6.07 Å². The third-order valence-electron chi connectivity index (χ3n) is 5.32. The van der Waals surface area contributed by atoms with Crippen molar-refractivity contribution in [1.29, 1.82) is 0 Å². The van der Waals surface area contributed by atoms with Crippen LogP contribution in [0.3, 0.4) is 0 Å². The molecule has 34 heavy (non-hydrogen) atoms. The summed E-state index contributed by atoms with van der Waals surface area (Å²) in [7, 11) is 0. The molecule has 1 fully saturated rings. The Morgan fingerprint density at radius 3 is 2.59 bits per heavy atom. The summed E-state index contributed by atoms with van der Waals surface area (Å²) in [6.07, 6.45) is -0.453. The van der Waals surface area contributed by atoms with Crippen LogP contribution >= 0.6 is 0 Å². The Morgan fingerprint density at radius 1 is 1.21 bits per heavy atom. The van der Waals surface area contributed by atoms with Crippen LogP contribution in [0, 0.1) is 13.8 Å². The van der Waals surface area contributed by atoms with Crippen molar-refractivity contribution in [2.75, 3.05) is 13.1 Å². The van der Waals surface area contributed by atoms with Gasteiger partial charge in [0.2, 0.25) is 17.7 Å². The number of hydrogen-bond donors (Lipinski definition) is 0. The molecule has 0 atom stereocenters. The SMILES string of the molecule is Cc1nnn(Cc2cc(OC(F)(F)F)ccc2/C=C/C(=O)N2CCC(c3nnc(C)o3)CC2)n1. The van der Waals surface area contributed by atoms with Gasteiger partial charge in [-0.15, -0.1) is 33.6 Å². The zero-order valence-electron chi connectivity index (χ0n) is 18.5. The number of halogens is 3. The fraction of sp³-hybridized carbons (Fsp3) is 0.429. The Morgan fingerprint density at radius 2 is 1.97 bits per heavy atom. The molecule has 2 aromatic heterocycles. The average Bonchev–Trinajstić information content (AvgIpc) is 3.40. The molecule has 0 aliphatic carbocycles. The Bertz CT molecular complexity index is 1180. The standard InChI is InChI=1S/C21H22F3N7O3/c1-13-25-29-31(28-13)12-17-11-18(34-21(22,23)24)5-3-15(17)4-6-19(32)30-9-7-16(8-10-30)20-27-26-14(2)33-20/h3-6,11,16H,7-10,12H2,1-2H3/b6-4+. The van der Waals surface area contributed by atoms with Crippen LogP contribution in [0.15, 0.2) is 28.7 Å². The first kappa shape index (κ1) is 23.4. The maximum absolute atomic E-state index is 12.7. The van der Waals surface area contributed by atoms with Gasteiger partial charge in [0.1, 0.15) is 5.75 Å². The number of hydrogen-bond acceptors (Lipinski definition) is 8. The van der Waals surface area contributed by atoms with Crippen LogP contribution in [0.1, 0.15) is 47.5 Å². The minimum Gasteiger partial charge on any atom is -0.425 e. The van der Waals surface area contributed by atoms with Crippen molar-refractivity contribution in [3.8, 4) is 5.75 Å². The first-order valence-electron chi connectivity index (χ1n) is 10.6. The van der Waals surface area contributed by atoms with Crippen LogP contribution in [0.25, 0.3) is 6.08 Å². The van der Waals surface area contributed by atoms with E-state index in [4.69, 9.17) is 4.42 Å². The summed E-state index contributed by atoms with van der Waals surface area (Å²) in [5.74, 6) is 1.06. The number of amides is 1. The van der Waals surface area contributed by atoms with E-state index in [0.717, 1.165) is 0 Å². The van der Waals surface area contributed by atoms with Gasteiger partial charge >= 0.3 is 6.36 Å². The lowest BCUT2D eigenvalue weighted by Gasteiger charge is -2.29. The Labute approximate surface area is 192 Å². The zero-order chi connectivity index (χ0) is 24.3. The van der Waals surface area contributed by atoms with Crippen molar-refractivity contribution in [3.05, 3.63) is 53.0 Å². The van der Waals surface area contributed by atoms with Gasteiger partial charge in [-0.05, 0) is 54.3 Å². The summed E-state index contributed by atoms with van der Waals surface area (Å²) in [6, 6.07) is 3.89. The highest BCUT2D eigenvalue weighted by atomic mass is 19.4. The van der Waals surface area contributed by atoms with Gasteiger partial charge in [0, 0.05) is 32.0 Å². The summed E-state index contributed by atoms with van der Waals surface area (Å²) in [6.45, 7) is 4.50. The smallest absolute Gasteiger partial charge is 0.425 e. The van der Waals surface area contributed by atoms with Gasteiger partial charge in [0.25, 0.3) is 0 Å². The monoisotopic (exact) mass is 477 g/mol. The predicted molar refractivity (Wildman–Crippen MR) is 111 cm³/mol. The molecule has 180 valence electrons. The van der Waals surface area contributed by atoms with E-state index in [1.54, 1.807) is 24.8 Å². The second kappa shape index (κ2) is 9.61. The van der Waals surface area contributed by atoms with Gasteiger partial charge in [-0.25, -0.2) is 0 Å².